The summed E-state index contributed by atoms with van der Waals surface area (Å²) >= 11 is 0. The molecule has 0 bridgehead atoms. The molecule has 1 aromatic carbocycles. The smallest absolute Gasteiger partial charge is 0.220 e. The first-order chi connectivity index (χ1) is 15.7. The van der Waals surface area contributed by atoms with Gasteiger partial charge >= 0.3 is 0 Å². The predicted molar refractivity (Wildman–Crippen MR) is 127 cm³/mol. The Morgan fingerprint density at radius 2 is 1.94 bits per heavy atom. The lowest BCUT2D eigenvalue weighted by atomic mass is 10.1. The number of nitriles is 1. The summed E-state index contributed by atoms with van der Waals surface area (Å²) in [6.45, 7) is 7.03. The minimum atomic E-state index is 0.461. The highest BCUT2D eigenvalue weighted by atomic mass is 16.5. The number of aromatic nitrogens is 3. The fourth-order valence-electron chi connectivity index (χ4n) is 3.08. The number of benzene rings is 1. The molecule has 0 radical (unpaired) electrons. The van der Waals surface area contributed by atoms with Crippen LogP contribution < -0.4 is 10.1 Å². The van der Waals surface area contributed by atoms with Gasteiger partial charge in [-0.05, 0) is 37.8 Å². The SMILES string of the molecule is C/C=C(/Cc1ncnc(OCc2ccccc2)c1CCC)Nc1ncccc1C#N.C=N. The van der Waals surface area contributed by atoms with Crippen molar-refractivity contribution in [1.82, 2.24) is 15.0 Å². The number of hydrogen-bond acceptors (Lipinski definition) is 7. The summed E-state index contributed by atoms with van der Waals surface area (Å²) in [5.41, 5.74) is 4.43. The van der Waals surface area contributed by atoms with Crippen molar-refractivity contribution in [1.29, 1.82) is 10.7 Å². The van der Waals surface area contributed by atoms with Crippen molar-refractivity contribution in [3.8, 4) is 11.9 Å². The standard InChI is InChI=1S/C24H25N5O.CH3N/c1-3-9-21-22(14-20(4-2)29-23-19(15-25)12-8-13-26-23)27-17-28-24(21)30-16-18-10-6-5-7-11-18;1-2/h4-8,10-13,17H,3,9,14,16H2,1-2H3,(H,26,29);2H,1H2/b20-4-;. The van der Waals surface area contributed by atoms with Gasteiger partial charge in [0.1, 0.15) is 24.8 Å². The Morgan fingerprint density at radius 3 is 2.62 bits per heavy atom. The first kappa shape index (κ1) is 24.2. The summed E-state index contributed by atoms with van der Waals surface area (Å²) in [6.07, 6.45) is 7.53. The Labute approximate surface area is 189 Å². The molecule has 32 heavy (non-hydrogen) atoms. The van der Waals surface area contributed by atoms with Crippen LogP contribution in [0.5, 0.6) is 5.88 Å². The van der Waals surface area contributed by atoms with Crippen LogP contribution in [0.25, 0.3) is 0 Å². The third-order valence-corrected chi connectivity index (χ3v) is 4.63. The van der Waals surface area contributed by atoms with E-state index in [-0.39, 0.29) is 0 Å². The Morgan fingerprint density at radius 1 is 1.16 bits per heavy atom. The third-order valence-electron chi connectivity index (χ3n) is 4.63. The van der Waals surface area contributed by atoms with Gasteiger partial charge in [0.05, 0.1) is 11.3 Å². The zero-order valence-electron chi connectivity index (χ0n) is 18.5. The molecule has 7 heteroatoms. The van der Waals surface area contributed by atoms with Crippen molar-refractivity contribution in [3.63, 3.8) is 0 Å². The minimum Gasteiger partial charge on any atom is -0.473 e. The fraction of sp³-hybridized carbons (Fsp3) is 0.240. The largest absolute Gasteiger partial charge is 0.473 e. The van der Waals surface area contributed by atoms with E-state index in [1.165, 1.54) is 0 Å². The van der Waals surface area contributed by atoms with Gasteiger partial charge in [-0.1, -0.05) is 49.8 Å². The van der Waals surface area contributed by atoms with Crippen LogP contribution in [0, 0.1) is 16.7 Å². The third kappa shape index (κ3) is 6.74. The Kier molecular flexibility index (Phi) is 10.1. The number of hydrogen-bond donors (Lipinski definition) is 2. The second kappa shape index (κ2) is 13.3. The maximum absolute atomic E-state index is 9.31. The van der Waals surface area contributed by atoms with E-state index >= 15 is 0 Å². The van der Waals surface area contributed by atoms with Crippen LogP contribution in [0.2, 0.25) is 0 Å². The number of pyridine rings is 1. The van der Waals surface area contributed by atoms with Crippen molar-refractivity contribution < 1.29 is 4.74 Å². The first-order valence-corrected chi connectivity index (χ1v) is 10.4. The van der Waals surface area contributed by atoms with Crippen LogP contribution in [0.15, 0.2) is 66.8 Å². The first-order valence-electron chi connectivity index (χ1n) is 10.4. The topological polar surface area (TPSA) is 108 Å². The number of ether oxygens (including phenoxy) is 1. The summed E-state index contributed by atoms with van der Waals surface area (Å²) in [6, 6.07) is 15.7. The summed E-state index contributed by atoms with van der Waals surface area (Å²) < 4.78 is 6.04. The number of nitrogens with one attached hydrogen (secondary N) is 2. The average molecular weight is 429 g/mol. The Bertz CT molecular complexity index is 1060. The molecule has 3 aromatic rings. The lowest BCUT2D eigenvalue weighted by molar-refractivity contribution is 0.289. The van der Waals surface area contributed by atoms with Gasteiger partial charge in [-0.2, -0.15) is 5.26 Å². The number of allylic oxidation sites excluding steroid dienone is 2. The summed E-state index contributed by atoms with van der Waals surface area (Å²) in [5, 5.41) is 18.1. The Balaban J connectivity index is 0.00000176. The lowest BCUT2D eigenvalue weighted by Gasteiger charge is -2.16. The van der Waals surface area contributed by atoms with Crippen molar-refractivity contribution in [2.45, 2.75) is 39.7 Å². The second-order valence-electron chi connectivity index (χ2n) is 6.76. The van der Waals surface area contributed by atoms with Gasteiger partial charge in [-0.3, -0.25) is 0 Å². The van der Waals surface area contributed by atoms with Gasteiger partial charge in [0.2, 0.25) is 5.88 Å². The van der Waals surface area contributed by atoms with Crippen LogP contribution in [-0.2, 0) is 19.4 Å². The van der Waals surface area contributed by atoms with Gasteiger partial charge in [0.25, 0.3) is 0 Å². The van der Waals surface area contributed by atoms with E-state index in [0.29, 0.717) is 30.3 Å². The zero-order valence-corrected chi connectivity index (χ0v) is 18.5. The average Bonchev–Trinajstić information content (AvgIpc) is 2.86. The van der Waals surface area contributed by atoms with E-state index in [4.69, 9.17) is 10.1 Å². The molecule has 0 unspecified atom stereocenters. The highest BCUT2D eigenvalue weighted by Gasteiger charge is 2.15. The molecule has 0 aliphatic heterocycles. The quantitative estimate of drug-likeness (QED) is 0.459. The number of nitrogens with zero attached hydrogens (tertiary/aromatic N) is 4. The predicted octanol–water partition coefficient (Wildman–Crippen LogP) is 5.10. The molecule has 2 N–H and O–H groups in total. The molecule has 0 aliphatic rings. The van der Waals surface area contributed by atoms with Crippen molar-refractivity contribution in [3.05, 3.63) is 89.1 Å². The van der Waals surface area contributed by atoms with Crippen molar-refractivity contribution >= 4 is 12.5 Å². The highest BCUT2D eigenvalue weighted by molar-refractivity contribution is 5.55. The number of rotatable bonds is 9. The molecule has 2 heterocycles. The van der Waals surface area contributed by atoms with E-state index in [9.17, 15) is 5.26 Å². The second-order valence-corrected chi connectivity index (χ2v) is 6.76. The van der Waals surface area contributed by atoms with E-state index < -0.39 is 0 Å². The van der Waals surface area contributed by atoms with Crippen LogP contribution in [-0.4, -0.2) is 21.7 Å². The van der Waals surface area contributed by atoms with Crippen LogP contribution >= 0.6 is 0 Å². The molecule has 0 amide bonds. The van der Waals surface area contributed by atoms with Gasteiger partial charge < -0.3 is 15.5 Å². The molecule has 0 atom stereocenters. The molecule has 7 nitrogen and oxygen atoms in total. The molecule has 0 aliphatic carbocycles. The van der Waals surface area contributed by atoms with Gasteiger partial charge in [0, 0.05) is 23.9 Å². The van der Waals surface area contributed by atoms with Crippen LogP contribution in [0.4, 0.5) is 5.82 Å². The van der Waals surface area contributed by atoms with E-state index in [0.717, 1.165) is 35.4 Å². The maximum atomic E-state index is 9.31. The minimum absolute atomic E-state index is 0.461. The molecular weight excluding hydrogens is 400 g/mol. The number of anilines is 1. The van der Waals surface area contributed by atoms with E-state index in [1.54, 1.807) is 24.7 Å². The fourth-order valence-corrected chi connectivity index (χ4v) is 3.08. The van der Waals surface area contributed by atoms with Crippen molar-refractivity contribution in [2.75, 3.05) is 5.32 Å². The molecule has 0 fully saturated rings. The van der Waals surface area contributed by atoms with Gasteiger partial charge in [-0.25, -0.2) is 15.0 Å². The molecule has 2 aromatic heterocycles. The molecule has 0 saturated heterocycles. The summed E-state index contributed by atoms with van der Waals surface area (Å²) in [5.74, 6) is 1.16. The molecular formula is C25H28N6O. The van der Waals surface area contributed by atoms with Crippen LogP contribution in [0.3, 0.4) is 0 Å². The van der Waals surface area contributed by atoms with E-state index in [2.05, 4.69) is 40.0 Å². The Hall–Kier alpha value is -4.05. The van der Waals surface area contributed by atoms with Crippen molar-refractivity contribution in [2.24, 2.45) is 0 Å². The van der Waals surface area contributed by atoms with Gasteiger partial charge in [0.15, 0.2) is 0 Å². The van der Waals surface area contributed by atoms with E-state index in [1.807, 2.05) is 43.3 Å². The summed E-state index contributed by atoms with van der Waals surface area (Å²) in [4.78, 5) is 13.2. The lowest BCUT2D eigenvalue weighted by Crippen LogP contribution is -2.11. The van der Waals surface area contributed by atoms with Gasteiger partial charge in [-0.15, -0.1) is 0 Å². The molecule has 3 rings (SSSR count). The highest BCUT2D eigenvalue weighted by Crippen LogP contribution is 2.24. The maximum Gasteiger partial charge on any atom is 0.220 e. The molecule has 0 spiro atoms. The normalized spacial score (nSPS) is 10.5. The molecule has 0 saturated carbocycles. The molecule has 164 valence electrons. The zero-order chi connectivity index (χ0) is 23.2. The monoisotopic (exact) mass is 428 g/mol. The summed E-state index contributed by atoms with van der Waals surface area (Å²) in [7, 11) is 0. The van der Waals surface area contributed by atoms with Crippen LogP contribution in [0.1, 0.15) is 42.7 Å².